The lowest BCUT2D eigenvalue weighted by Gasteiger charge is -2.34. The van der Waals surface area contributed by atoms with Crippen molar-refractivity contribution in [3.8, 4) is 5.75 Å². The van der Waals surface area contributed by atoms with E-state index in [1.54, 1.807) is 17.2 Å². The first-order valence-corrected chi connectivity index (χ1v) is 13.8. The van der Waals surface area contributed by atoms with E-state index in [1.807, 2.05) is 47.6 Å². The zero-order valence-corrected chi connectivity index (χ0v) is 21.6. The monoisotopic (exact) mass is 514 g/mol. The van der Waals surface area contributed by atoms with E-state index in [0.29, 0.717) is 36.9 Å². The molecule has 1 aromatic carbocycles. The highest BCUT2D eigenvalue weighted by Crippen LogP contribution is 2.37. The average molecular weight is 515 g/mol. The minimum absolute atomic E-state index is 0.148. The standard InChI is InChI=1S/C29H34N6O3/c36-26(33-16-12-21(13-17-33)18-25-32-31-20-34(25)19-22-10-11-22)9-5-15-35-28-24(8-4-14-30-28)38-27(29(35)37)23-6-2-1-3-7-23/h1-4,6-8,14,20-22,27H,5,9-13,15-19H2. The topological polar surface area (TPSA) is 93.4 Å². The van der Waals surface area contributed by atoms with Gasteiger partial charge in [-0.2, -0.15) is 0 Å². The van der Waals surface area contributed by atoms with Gasteiger partial charge in [-0.25, -0.2) is 4.98 Å². The normalized spacial score (nSPS) is 19.8. The first-order chi connectivity index (χ1) is 18.7. The molecule has 0 bridgehead atoms. The Labute approximate surface area is 222 Å². The SMILES string of the molecule is O=C(CCCN1C(=O)C(c2ccccc2)Oc2cccnc21)N1CCC(Cc2nncn2CC2CC2)CC1. The molecule has 1 saturated carbocycles. The van der Waals surface area contributed by atoms with Crippen LogP contribution in [0.4, 0.5) is 5.82 Å². The van der Waals surface area contributed by atoms with Crippen molar-refractivity contribution in [2.45, 2.75) is 57.6 Å². The molecule has 4 heterocycles. The highest BCUT2D eigenvalue weighted by molar-refractivity contribution is 5.99. The number of ether oxygens (including phenoxy) is 1. The number of pyridine rings is 1. The minimum Gasteiger partial charge on any atom is -0.472 e. The first kappa shape index (κ1) is 24.6. The Morgan fingerprint density at radius 2 is 1.82 bits per heavy atom. The molecule has 2 aliphatic heterocycles. The molecule has 0 radical (unpaired) electrons. The highest BCUT2D eigenvalue weighted by atomic mass is 16.5. The summed E-state index contributed by atoms with van der Waals surface area (Å²) >= 11 is 0. The van der Waals surface area contributed by atoms with Crippen LogP contribution in [0.2, 0.25) is 0 Å². The average Bonchev–Trinajstić information content (AvgIpc) is 3.67. The summed E-state index contributed by atoms with van der Waals surface area (Å²) in [5.74, 6) is 3.52. The summed E-state index contributed by atoms with van der Waals surface area (Å²) < 4.78 is 8.24. The van der Waals surface area contributed by atoms with Crippen LogP contribution >= 0.6 is 0 Å². The van der Waals surface area contributed by atoms with Crippen LogP contribution in [0.25, 0.3) is 0 Å². The number of carbonyl (C=O) groups excluding carboxylic acids is 2. The molecular formula is C29H34N6O3. The van der Waals surface area contributed by atoms with Crippen LogP contribution < -0.4 is 9.64 Å². The van der Waals surface area contributed by atoms with Gasteiger partial charge in [0.2, 0.25) is 12.0 Å². The molecule has 6 rings (SSSR count). The van der Waals surface area contributed by atoms with Crippen LogP contribution in [0, 0.1) is 11.8 Å². The smallest absolute Gasteiger partial charge is 0.274 e. The Balaban J connectivity index is 1.01. The van der Waals surface area contributed by atoms with Crippen molar-refractivity contribution >= 4 is 17.6 Å². The summed E-state index contributed by atoms with van der Waals surface area (Å²) in [6, 6.07) is 13.1. The fraction of sp³-hybridized carbons (Fsp3) is 0.483. The lowest BCUT2D eigenvalue weighted by Crippen LogP contribution is -2.43. The number of fused-ring (bicyclic) bond motifs is 1. The van der Waals surface area contributed by atoms with Gasteiger partial charge in [0.25, 0.3) is 5.91 Å². The predicted molar refractivity (Wildman–Crippen MR) is 141 cm³/mol. The largest absolute Gasteiger partial charge is 0.472 e. The van der Waals surface area contributed by atoms with E-state index in [2.05, 4.69) is 19.7 Å². The van der Waals surface area contributed by atoms with E-state index in [4.69, 9.17) is 4.74 Å². The number of benzene rings is 1. The van der Waals surface area contributed by atoms with E-state index < -0.39 is 6.10 Å². The van der Waals surface area contributed by atoms with Gasteiger partial charge in [0.05, 0.1) is 0 Å². The molecule has 1 atom stereocenters. The fourth-order valence-corrected chi connectivity index (χ4v) is 5.51. The number of nitrogens with zero attached hydrogens (tertiary/aromatic N) is 6. The second-order valence-electron chi connectivity index (χ2n) is 10.7. The molecule has 38 heavy (non-hydrogen) atoms. The molecule has 3 aromatic rings. The Bertz CT molecular complexity index is 1270. The highest BCUT2D eigenvalue weighted by Gasteiger charge is 2.36. The second kappa shape index (κ2) is 10.9. The van der Waals surface area contributed by atoms with E-state index in [-0.39, 0.29) is 11.8 Å². The van der Waals surface area contributed by atoms with Crippen molar-refractivity contribution in [3.05, 3.63) is 66.4 Å². The van der Waals surface area contributed by atoms with Crippen LogP contribution in [-0.4, -0.2) is 56.1 Å². The summed E-state index contributed by atoms with van der Waals surface area (Å²) in [5, 5.41) is 8.50. The number of hydrogen-bond donors (Lipinski definition) is 0. The van der Waals surface area contributed by atoms with Crippen molar-refractivity contribution in [1.82, 2.24) is 24.6 Å². The van der Waals surface area contributed by atoms with Gasteiger partial charge < -0.3 is 14.2 Å². The van der Waals surface area contributed by atoms with Gasteiger partial charge in [0.15, 0.2) is 11.6 Å². The maximum atomic E-state index is 13.4. The molecular weight excluding hydrogens is 480 g/mol. The molecule has 1 saturated heterocycles. The van der Waals surface area contributed by atoms with Crippen LogP contribution in [0.5, 0.6) is 5.75 Å². The van der Waals surface area contributed by atoms with Gasteiger partial charge in [-0.3, -0.25) is 14.5 Å². The van der Waals surface area contributed by atoms with Crippen molar-refractivity contribution in [1.29, 1.82) is 0 Å². The van der Waals surface area contributed by atoms with Gasteiger partial charge in [0, 0.05) is 50.8 Å². The zero-order chi connectivity index (χ0) is 25.9. The Morgan fingerprint density at radius 1 is 1.00 bits per heavy atom. The maximum absolute atomic E-state index is 13.4. The minimum atomic E-state index is -0.710. The lowest BCUT2D eigenvalue weighted by atomic mass is 9.93. The number of anilines is 1. The molecule has 0 N–H and O–H groups in total. The van der Waals surface area contributed by atoms with Gasteiger partial charge >= 0.3 is 0 Å². The molecule has 2 amide bonds. The van der Waals surface area contributed by atoms with Crippen LogP contribution in [0.15, 0.2) is 55.0 Å². The number of likely N-dealkylation sites (tertiary alicyclic amines) is 1. The quantitative estimate of drug-likeness (QED) is 0.431. The molecule has 1 aliphatic carbocycles. The number of aromatic nitrogens is 4. The lowest BCUT2D eigenvalue weighted by molar-refractivity contribution is -0.133. The number of amides is 2. The van der Waals surface area contributed by atoms with E-state index in [0.717, 1.165) is 56.2 Å². The zero-order valence-electron chi connectivity index (χ0n) is 21.6. The Morgan fingerprint density at radius 3 is 2.61 bits per heavy atom. The van der Waals surface area contributed by atoms with Gasteiger partial charge in [0.1, 0.15) is 12.2 Å². The van der Waals surface area contributed by atoms with Gasteiger partial charge in [-0.15, -0.1) is 10.2 Å². The van der Waals surface area contributed by atoms with E-state index >= 15 is 0 Å². The summed E-state index contributed by atoms with van der Waals surface area (Å²) in [7, 11) is 0. The Kier molecular flexibility index (Phi) is 7.07. The molecule has 9 nitrogen and oxygen atoms in total. The van der Waals surface area contributed by atoms with Crippen molar-refractivity contribution in [2.75, 3.05) is 24.5 Å². The number of hydrogen-bond acceptors (Lipinski definition) is 6. The molecule has 9 heteroatoms. The van der Waals surface area contributed by atoms with Gasteiger partial charge in [-0.05, 0) is 56.1 Å². The predicted octanol–water partition coefficient (Wildman–Crippen LogP) is 3.81. The van der Waals surface area contributed by atoms with Crippen molar-refractivity contribution in [2.24, 2.45) is 11.8 Å². The summed E-state index contributed by atoms with van der Waals surface area (Å²) in [6.45, 7) is 3.01. The molecule has 1 unspecified atom stereocenters. The summed E-state index contributed by atoms with van der Waals surface area (Å²) in [5.41, 5.74) is 0.807. The number of piperidine rings is 1. The third kappa shape index (κ3) is 5.42. The second-order valence-corrected chi connectivity index (χ2v) is 10.7. The van der Waals surface area contributed by atoms with Crippen molar-refractivity contribution < 1.29 is 14.3 Å². The van der Waals surface area contributed by atoms with Gasteiger partial charge in [-0.1, -0.05) is 30.3 Å². The third-order valence-corrected chi connectivity index (χ3v) is 7.90. The first-order valence-electron chi connectivity index (χ1n) is 13.8. The Hall–Kier alpha value is -3.75. The third-order valence-electron chi connectivity index (χ3n) is 7.90. The van der Waals surface area contributed by atoms with Crippen LogP contribution in [-0.2, 0) is 22.6 Å². The van der Waals surface area contributed by atoms with E-state index in [9.17, 15) is 9.59 Å². The number of rotatable bonds is 9. The molecule has 2 aromatic heterocycles. The number of carbonyl (C=O) groups is 2. The van der Waals surface area contributed by atoms with Crippen LogP contribution in [0.1, 0.15) is 56.0 Å². The molecule has 198 valence electrons. The fourth-order valence-electron chi connectivity index (χ4n) is 5.51. The van der Waals surface area contributed by atoms with Crippen molar-refractivity contribution in [3.63, 3.8) is 0 Å². The van der Waals surface area contributed by atoms with Crippen LogP contribution in [0.3, 0.4) is 0 Å². The molecule has 2 fully saturated rings. The van der Waals surface area contributed by atoms with E-state index in [1.165, 1.54) is 12.8 Å². The maximum Gasteiger partial charge on any atom is 0.274 e. The summed E-state index contributed by atoms with van der Waals surface area (Å²) in [6.07, 6.45) is 9.33. The molecule has 3 aliphatic rings. The molecule has 0 spiro atoms. The summed E-state index contributed by atoms with van der Waals surface area (Å²) in [4.78, 5) is 34.4.